The van der Waals surface area contributed by atoms with Crippen LogP contribution in [0.25, 0.3) is 27.9 Å². The molecule has 0 radical (unpaired) electrons. The summed E-state index contributed by atoms with van der Waals surface area (Å²) in [6.45, 7) is 6.80. The lowest BCUT2D eigenvalue weighted by Crippen LogP contribution is -2.43. The Bertz CT molecular complexity index is 1210. The highest BCUT2D eigenvalue weighted by Crippen LogP contribution is 2.34. The maximum Gasteiger partial charge on any atom is 0.226 e. The van der Waals surface area contributed by atoms with Crippen LogP contribution >= 0.6 is 0 Å². The van der Waals surface area contributed by atoms with Gasteiger partial charge in [0.1, 0.15) is 11.2 Å². The summed E-state index contributed by atoms with van der Waals surface area (Å²) in [6, 6.07) is 3.94. The van der Waals surface area contributed by atoms with Crippen LogP contribution in [0.3, 0.4) is 0 Å². The van der Waals surface area contributed by atoms with Crippen LogP contribution in [0.4, 0.5) is 5.95 Å². The highest BCUT2D eigenvalue weighted by molar-refractivity contribution is 6.15. The van der Waals surface area contributed by atoms with Crippen molar-refractivity contribution in [1.29, 1.82) is 5.41 Å². The largest absolute Gasteiger partial charge is 0.385 e. The molecule has 2 aliphatic heterocycles. The van der Waals surface area contributed by atoms with E-state index in [-0.39, 0.29) is 0 Å². The lowest BCUT2D eigenvalue weighted by Gasteiger charge is -2.31. The first-order valence-electron chi connectivity index (χ1n) is 12.1. The van der Waals surface area contributed by atoms with E-state index in [4.69, 9.17) is 20.1 Å². The summed E-state index contributed by atoms with van der Waals surface area (Å²) >= 11 is 0. The summed E-state index contributed by atoms with van der Waals surface area (Å²) in [6.07, 6.45) is 9.71. The molecule has 2 saturated heterocycles. The smallest absolute Gasteiger partial charge is 0.226 e. The summed E-state index contributed by atoms with van der Waals surface area (Å²) in [5.41, 5.74) is 6.48. The van der Waals surface area contributed by atoms with E-state index in [1.807, 2.05) is 18.3 Å². The molecule has 1 saturated carbocycles. The molecule has 6 rings (SSSR count). The van der Waals surface area contributed by atoms with E-state index in [9.17, 15) is 0 Å². The fraction of sp³-hybridized carbons (Fsp3) is 0.440. The number of nitrogens with zero attached hydrogens (tertiary/aromatic N) is 5. The van der Waals surface area contributed by atoms with Crippen LogP contribution in [0.1, 0.15) is 18.4 Å². The number of fused-ring (bicyclic) bond motifs is 1. The van der Waals surface area contributed by atoms with Gasteiger partial charge in [-0.3, -0.25) is 9.88 Å². The molecule has 0 atom stereocenters. The predicted octanol–water partition coefficient (Wildman–Crippen LogP) is 2.53. The molecule has 176 valence electrons. The van der Waals surface area contributed by atoms with Crippen molar-refractivity contribution in [3.8, 4) is 11.3 Å². The maximum absolute atomic E-state index is 8.30. The Morgan fingerprint density at radius 1 is 1.15 bits per heavy atom. The van der Waals surface area contributed by atoms with Crippen molar-refractivity contribution in [2.45, 2.75) is 12.8 Å². The van der Waals surface area contributed by atoms with Gasteiger partial charge in [0.25, 0.3) is 0 Å². The summed E-state index contributed by atoms with van der Waals surface area (Å²) in [4.78, 5) is 22.3. The van der Waals surface area contributed by atoms with Crippen LogP contribution in [-0.2, 0) is 4.74 Å². The first-order valence-corrected chi connectivity index (χ1v) is 12.1. The minimum Gasteiger partial charge on any atom is -0.385 e. The number of anilines is 1. The highest BCUT2D eigenvalue weighted by Gasteiger charge is 2.27. The molecule has 0 spiro atoms. The Balaban J connectivity index is 1.46. The molecule has 0 bridgehead atoms. The molecule has 0 unspecified atom stereocenters. The summed E-state index contributed by atoms with van der Waals surface area (Å²) in [5, 5.41) is 11.9. The number of piperazine rings is 1. The number of nitrogens with one attached hydrogen (secondary N) is 3. The van der Waals surface area contributed by atoms with Gasteiger partial charge in [0, 0.05) is 86.5 Å². The molecular formula is C25H30N8O. The second kappa shape index (κ2) is 9.15. The lowest BCUT2D eigenvalue weighted by atomic mass is 10.0. The van der Waals surface area contributed by atoms with E-state index in [0.29, 0.717) is 19.2 Å². The van der Waals surface area contributed by atoms with Gasteiger partial charge in [0.05, 0.1) is 18.7 Å². The van der Waals surface area contributed by atoms with Crippen molar-refractivity contribution in [3.63, 3.8) is 0 Å². The molecule has 0 aromatic carbocycles. The van der Waals surface area contributed by atoms with Crippen LogP contribution in [0.2, 0.25) is 0 Å². The molecule has 3 aliphatic rings. The molecule has 3 aromatic heterocycles. The van der Waals surface area contributed by atoms with Gasteiger partial charge in [-0.2, -0.15) is 0 Å². The molecule has 0 amide bonds. The van der Waals surface area contributed by atoms with Crippen molar-refractivity contribution >= 4 is 28.8 Å². The first-order chi connectivity index (χ1) is 16.8. The van der Waals surface area contributed by atoms with Crippen molar-refractivity contribution in [3.05, 3.63) is 42.0 Å². The minimum atomic E-state index is 0.669. The lowest BCUT2D eigenvalue weighted by molar-refractivity contribution is 0.122. The second-order valence-corrected chi connectivity index (χ2v) is 9.28. The Morgan fingerprint density at radius 3 is 2.74 bits per heavy atom. The minimum absolute atomic E-state index is 0.669. The van der Waals surface area contributed by atoms with Crippen LogP contribution < -0.4 is 10.2 Å². The molecular weight excluding hydrogens is 428 g/mol. The van der Waals surface area contributed by atoms with Crippen LogP contribution in [-0.4, -0.2) is 83.5 Å². The predicted molar refractivity (Wildman–Crippen MR) is 133 cm³/mol. The fourth-order valence-electron chi connectivity index (χ4n) is 4.87. The van der Waals surface area contributed by atoms with Crippen molar-refractivity contribution in [2.24, 2.45) is 5.92 Å². The average molecular weight is 459 g/mol. The number of hydrogen-bond donors (Lipinski definition) is 3. The Kier molecular flexibility index (Phi) is 5.72. The van der Waals surface area contributed by atoms with E-state index in [1.54, 1.807) is 12.4 Å². The van der Waals surface area contributed by atoms with Gasteiger partial charge in [-0.25, -0.2) is 9.97 Å². The van der Waals surface area contributed by atoms with Crippen molar-refractivity contribution < 1.29 is 4.74 Å². The number of pyridine rings is 1. The molecule has 3 aromatic rings. The zero-order valence-corrected chi connectivity index (χ0v) is 19.3. The average Bonchev–Trinajstić information content (AvgIpc) is 3.62. The third kappa shape index (κ3) is 4.17. The van der Waals surface area contributed by atoms with E-state index in [0.717, 1.165) is 84.3 Å². The van der Waals surface area contributed by atoms with Gasteiger partial charge >= 0.3 is 0 Å². The quantitative estimate of drug-likeness (QED) is 0.488. The fourth-order valence-corrected chi connectivity index (χ4v) is 4.87. The molecule has 34 heavy (non-hydrogen) atoms. The van der Waals surface area contributed by atoms with Crippen molar-refractivity contribution in [2.75, 3.05) is 57.4 Å². The number of rotatable bonds is 6. The number of hydrogen-bond acceptors (Lipinski definition) is 8. The number of aromatic amines is 1. The van der Waals surface area contributed by atoms with Gasteiger partial charge in [0.15, 0.2) is 0 Å². The van der Waals surface area contributed by atoms with E-state index < -0.39 is 0 Å². The zero-order chi connectivity index (χ0) is 22.9. The summed E-state index contributed by atoms with van der Waals surface area (Å²) < 4.78 is 5.55. The molecule has 5 heterocycles. The molecule has 3 N–H and O–H groups in total. The second-order valence-electron chi connectivity index (χ2n) is 9.28. The number of allylic oxidation sites excluding steroid dienone is 1. The Labute approximate surface area is 198 Å². The number of H-pyrrole nitrogens is 1. The number of morpholine rings is 1. The third-order valence-corrected chi connectivity index (χ3v) is 6.88. The van der Waals surface area contributed by atoms with Gasteiger partial charge in [-0.05, 0) is 30.9 Å². The number of aromatic nitrogens is 4. The van der Waals surface area contributed by atoms with E-state index in [1.165, 1.54) is 19.1 Å². The SMILES string of the molecule is N=C/C(=C1/CN(CC2CC2)CCN1)c1c[nH]c2c(-c3ccncc3)nc(N3CCOCC3)nc12. The van der Waals surface area contributed by atoms with E-state index >= 15 is 0 Å². The zero-order valence-electron chi connectivity index (χ0n) is 19.3. The molecule has 3 fully saturated rings. The van der Waals surface area contributed by atoms with E-state index in [2.05, 4.69) is 25.1 Å². The third-order valence-electron chi connectivity index (χ3n) is 6.88. The first kappa shape index (κ1) is 21.2. The summed E-state index contributed by atoms with van der Waals surface area (Å²) in [5.74, 6) is 1.55. The van der Waals surface area contributed by atoms with Crippen LogP contribution in [0.15, 0.2) is 36.4 Å². The highest BCUT2D eigenvalue weighted by atomic mass is 16.5. The summed E-state index contributed by atoms with van der Waals surface area (Å²) in [7, 11) is 0. The van der Waals surface area contributed by atoms with Crippen LogP contribution in [0, 0.1) is 11.3 Å². The van der Waals surface area contributed by atoms with Crippen LogP contribution in [0.5, 0.6) is 0 Å². The van der Waals surface area contributed by atoms with Gasteiger partial charge in [-0.15, -0.1) is 0 Å². The number of ether oxygens (including phenoxy) is 1. The maximum atomic E-state index is 8.30. The standard InChI is InChI=1S/C25H30N8O/c26-13-19(21-16-32(8-7-28-21)15-17-1-2-17)20-14-29-24-22(18-3-5-27-6-4-18)30-25(31-23(20)24)33-9-11-34-12-10-33/h3-6,13-14,17,26,28-29H,1-2,7-12,15-16H2/b21-19+,26-13?. The van der Waals surface area contributed by atoms with Gasteiger partial charge in [-0.1, -0.05) is 0 Å². The molecule has 9 heteroatoms. The Morgan fingerprint density at radius 2 is 1.97 bits per heavy atom. The normalized spacial score (nSPS) is 20.9. The Hall–Kier alpha value is -3.30. The molecule has 9 nitrogen and oxygen atoms in total. The topological polar surface area (TPSA) is 106 Å². The van der Waals surface area contributed by atoms with Gasteiger partial charge in [0.2, 0.25) is 5.95 Å². The van der Waals surface area contributed by atoms with Gasteiger partial charge < -0.3 is 25.3 Å². The molecule has 1 aliphatic carbocycles. The monoisotopic (exact) mass is 458 g/mol. The van der Waals surface area contributed by atoms with Crippen molar-refractivity contribution in [1.82, 2.24) is 30.2 Å².